The lowest BCUT2D eigenvalue weighted by Crippen LogP contribution is -2.30. The van der Waals surface area contributed by atoms with E-state index in [0.717, 1.165) is 11.3 Å². The number of likely N-dealkylation sites (N-methyl/N-ethyl adjacent to an activating group) is 1. The van der Waals surface area contributed by atoms with Gasteiger partial charge in [-0.1, -0.05) is 53.7 Å². The highest BCUT2D eigenvalue weighted by Gasteiger charge is 2.12. The van der Waals surface area contributed by atoms with Crippen molar-refractivity contribution in [3.05, 3.63) is 77.9 Å². The first kappa shape index (κ1) is 17.7. The van der Waals surface area contributed by atoms with E-state index in [-0.39, 0.29) is 12.5 Å². The molecule has 0 spiro atoms. The Morgan fingerprint density at radius 3 is 2.50 bits per heavy atom. The van der Waals surface area contributed by atoms with Gasteiger partial charge in [0.2, 0.25) is 5.91 Å². The lowest BCUT2D eigenvalue weighted by Gasteiger charge is -2.16. The Hall–Kier alpha value is -3.15. The Labute approximate surface area is 152 Å². The zero-order chi connectivity index (χ0) is 18.2. The summed E-state index contributed by atoms with van der Waals surface area (Å²) < 4.78 is 10.8. The maximum absolute atomic E-state index is 12.2. The van der Waals surface area contributed by atoms with E-state index in [0.29, 0.717) is 31.1 Å². The van der Waals surface area contributed by atoms with Gasteiger partial charge in [0.25, 0.3) is 5.89 Å². The number of para-hydroxylation sites is 1. The molecule has 0 unspecified atom stereocenters. The van der Waals surface area contributed by atoms with Gasteiger partial charge in [-0.25, -0.2) is 0 Å². The maximum Gasteiger partial charge on any atom is 0.264 e. The first-order valence-corrected chi connectivity index (χ1v) is 8.48. The van der Waals surface area contributed by atoms with Crippen molar-refractivity contribution in [3.63, 3.8) is 0 Å². The summed E-state index contributed by atoms with van der Waals surface area (Å²) in [4.78, 5) is 18.2. The molecule has 0 fully saturated rings. The second-order valence-electron chi connectivity index (χ2n) is 5.93. The topological polar surface area (TPSA) is 68.5 Å². The molecular weight excluding hydrogens is 330 g/mol. The average molecular weight is 351 g/mol. The van der Waals surface area contributed by atoms with Gasteiger partial charge < -0.3 is 14.2 Å². The maximum atomic E-state index is 12.2. The van der Waals surface area contributed by atoms with Gasteiger partial charge in [-0.2, -0.15) is 4.98 Å². The van der Waals surface area contributed by atoms with Crippen molar-refractivity contribution >= 4 is 5.91 Å². The summed E-state index contributed by atoms with van der Waals surface area (Å²) >= 11 is 0. The number of carbonyl (C=O) groups is 1. The number of benzene rings is 2. The van der Waals surface area contributed by atoms with E-state index >= 15 is 0 Å². The van der Waals surface area contributed by atoms with Gasteiger partial charge in [-0.05, 0) is 17.7 Å². The van der Waals surface area contributed by atoms with Crippen LogP contribution >= 0.6 is 0 Å². The summed E-state index contributed by atoms with van der Waals surface area (Å²) in [7, 11) is 1.78. The number of rotatable bonds is 8. The Morgan fingerprint density at radius 1 is 1.08 bits per heavy atom. The summed E-state index contributed by atoms with van der Waals surface area (Å²) in [5, 5.41) is 3.94. The second kappa shape index (κ2) is 8.80. The zero-order valence-electron chi connectivity index (χ0n) is 14.7. The van der Waals surface area contributed by atoms with Crippen molar-refractivity contribution in [2.45, 2.75) is 19.4 Å². The fraction of sp³-hybridized carbons (Fsp3) is 0.250. The summed E-state index contributed by atoms with van der Waals surface area (Å²) in [5.74, 6) is 1.80. The second-order valence-corrected chi connectivity index (χ2v) is 5.93. The van der Waals surface area contributed by atoms with Gasteiger partial charge in [0.15, 0.2) is 12.4 Å². The predicted molar refractivity (Wildman–Crippen MR) is 96.6 cm³/mol. The van der Waals surface area contributed by atoms with Gasteiger partial charge in [0.05, 0.1) is 6.42 Å². The third-order valence-corrected chi connectivity index (χ3v) is 3.91. The number of aromatic nitrogens is 2. The highest BCUT2D eigenvalue weighted by molar-refractivity contribution is 5.78. The molecule has 1 heterocycles. The van der Waals surface area contributed by atoms with Gasteiger partial charge >= 0.3 is 0 Å². The summed E-state index contributed by atoms with van der Waals surface area (Å²) in [6.07, 6.45) is 0.922. The molecule has 3 aromatic rings. The molecule has 3 rings (SSSR count). The minimum Gasteiger partial charge on any atom is -0.484 e. The summed E-state index contributed by atoms with van der Waals surface area (Å²) in [5.41, 5.74) is 1.00. The SMILES string of the molecule is CN(CCc1noc(COc2ccccc2)n1)C(=O)Cc1ccccc1. The molecule has 1 amide bonds. The first-order valence-electron chi connectivity index (χ1n) is 8.48. The Balaban J connectivity index is 1.44. The van der Waals surface area contributed by atoms with Gasteiger partial charge in [0.1, 0.15) is 5.75 Å². The number of ether oxygens (including phenoxy) is 1. The normalized spacial score (nSPS) is 10.5. The molecule has 6 nitrogen and oxygen atoms in total. The van der Waals surface area contributed by atoms with Crippen molar-refractivity contribution in [2.24, 2.45) is 0 Å². The van der Waals surface area contributed by atoms with Crippen LogP contribution < -0.4 is 4.74 Å². The van der Waals surface area contributed by atoms with Crippen LogP contribution in [0.15, 0.2) is 65.2 Å². The average Bonchev–Trinajstić information content (AvgIpc) is 3.14. The number of carbonyl (C=O) groups excluding carboxylic acids is 1. The van der Waals surface area contributed by atoms with Crippen molar-refractivity contribution < 1.29 is 14.1 Å². The van der Waals surface area contributed by atoms with E-state index in [1.54, 1.807) is 11.9 Å². The van der Waals surface area contributed by atoms with Crippen LogP contribution in [0.3, 0.4) is 0 Å². The number of hydrogen-bond acceptors (Lipinski definition) is 5. The number of nitrogens with zero attached hydrogens (tertiary/aromatic N) is 3. The monoisotopic (exact) mass is 351 g/mol. The fourth-order valence-corrected chi connectivity index (χ4v) is 2.41. The standard InChI is InChI=1S/C20H21N3O3/c1-23(20(24)14-16-8-4-2-5-9-16)13-12-18-21-19(26-22-18)15-25-17-10-6-3-7-11-17/h2-11H,12-15H2,1H3. The molecule has 0 saturated carbocycles. The van der Waals surface area contributed by atoms with Crippen LogP contribution in [0.1, 0.15) is 17.3 Å². The van der Waals surface area contributed by atoms with E-state index in [4.69, 9.17) is 9.26 Å². The summed E-state index contributed by atoms with van der Waals surface area (Å²) in [6, 6.07) is 19.2. The minimum absolute atomic E-state index is 0.0623. The third-order valence-electron chi connectivity index (χ3n) is 3.91. The minimum atomic E-state index is 0.0623. The van der Waals surface area contributed by atoms with Crippen molar-refractivity contribution in [3.8, 4) is 5.75 Å². The molecule has 0 radical (unpaired) electrons. The van der Waals surface area contributed by atoms with Crippen LogP contribution in [-0.2, 0) is 24.2 Å². The molecule has 26 heavy (non-hydrogen) atoms. The number of amides is 1. The third kappa shape index (κ3) is 5.17. The lowest BCUT2D eigenvalue weighted by molar-refractivity contribution is -0.129. The highest BCUT2D eigenvalue weighted by Crippen LogP contribution is 2.11. The van der Waals surface area contributed by atoms with Crippen LogP contribution in [0.2, 0.25) is 0 Å². The predicted octanol–water partition coefficient (Wildman–Crippen LogP) is 2.89. The van der Waals surface area contributed by atoms with Crippen LogP contribution in [-0.4, -0.2) is 34.5 Å². The molecule has 6 heteroatoms. The van der Waals surface area contributed by atoms with Crippen molar-refractivity contribution in [1.29, 1.82) is 0 Å². The van der Waals surface area contributed by atoms with E-state index in [9.17, 15) is 4.79 Å². The van der Waals surface area contributed by atoms with Gasteiger partial charge in [-0.3, -0.25) is 4.79 Å². The zero-order valence-corrected chi connectivity index (χ0v) is 14.7. The largest absolute Gasteiger partial charge is 0.484 e. The Bertz CT molecular complexity index is 819. The van der Waals surface area contributed by atoms with Crippen LogP contribution in [0.25, 0.3) is 0 Å². The molecule has 2 aromatic carbocycles. The van der Waals surface area contributed by atoms with Crippen LogP contribution in [0.4, 0.5) is 0 Å². The Kier molecular flexibility index (Phi) is 5.98. The van der Waals surface area contributed by atoms with E-state index in [1.165, 1.54) is 0 Å². The Morgan fingerprint density at radius 2 is 1.77 bits per heavy atom. The highest BCUT2D eigenvalue weighted by atomic mass is 16.5. The molecule has 0 saturated heterocycles. The van der Waals surface area contributed by atoms with Crippen molar-refractivity contribution in [1.82, 2.24) is 15.0 Å². The molecule has 0 aliphatic rings. The molecule has 0 N–H and O–H groups in total. The van der Waals surface area contributed by atoms with E-state index < -0.39 is 0 Å². The smallest absolute Gasteiger partial charge is 0.264 e. The van der Waals surface area contributed by atoms with Gasteiger partial charge in [-0.15, -0.1) is 0 Å². The van der Waals surface area contributed by atoms with E-state index in [2.05, 4.69) is 10.1 Å². The van der Waals surface area contributed by atoms with Crippen LogP contribution in [0, 0.1) is 0 Å². The lowest BCUT2D eigenvalue weighted by atomic mass is 10.1. The summed E-state index contributed by atoms with van der Waals surface area (Å²) in [6.45, 7) is 0.754. The molecule has 0 aliphatic heterocycles. The van der Waals surface area contributed by atoms with Crippen molar-refractivity contribution in [2.75, 3.05) is 13.6 Å². The quantitative estimate of drug-likeness (QED) is 0.624. The van der Waals surface area contributed by atoms with Crippen LogP contribution in [0.5, 0.6) is 5.75 Å². The van der Waals surface area contributed by atoms with Gasteiger partial charge in [0, 0.05) is 20.0 Å². The molecule has 1 aromatic heterocycles. The van der Waals surface area contributed by atoms with E-state index in [1.807, 2.05) is 60.7 Å². The fourth-order valence-electron chi connectivity index (χ4n) is 2.41. The molecule has 134 valence electrons. The first-order chi connectivity index (χ1) is 12.7. The molecule has 0 atom stereocenters. The molecule has 0 aliphatic carbocycles. The number of hydrogen-bond donors (Lipinski definition) is 0. The molecule has 0 bridgehead atoms. The molecular formula is C20H21N3O3.